The van der Waals surface area contributed by atoms with Gasteiger partial charge in [-0.15, -0.1) is 0 Å². The Bertz CT molecular complexity index is 361. The van der Waals surface area contributed by atoms with Gasteiger partial charge in [-0.3, -0.25) is 4.79 Å². The topological polar surface area (TPSA) is 29.5 Å². The molecule has 85 valence electrons. The zero-order valence-corrected chi connectivity index (χ0v) is 9.64. The highest BCUT2D eigenvalue weighted by Crippen LogP contribution is 2.37. The summed E-state index contributed by atoms with van der Waals surface area (Å²) in [6.07, 6.45) is 4.28. The van der Waals surface area contributed by atoms with E-state index in [2.05, 4.69) is 6.29 Å². The Morgan fingerprint density at radius 3 is 2.44 bits per heavy atom. The van der Waals surface area contributed by atoms with E-state index in [1.807, 2.05) is 37.3 Å². The molecule has 0 heterocycles. The monoisotopic (exact) mass is 218 g/mol. The summed E-state index contributed by atoms with van der Waals surface area (Å²) in [7, 11) is 1.61. The van der Waals surface area contributed by atoms with Crippen LogP contribution in [0.3, 0.4) is 0 Å². The predicted octanol–water partition coefficient (Wildman–Crippen LogP) is 2.04. The van der Waals surface area contributed by atoms with Crippen molar-refractivity contribution < 1.29 is 9.63 Å². The summed E-state index contributed by atoms with van der Waals surface area (Å²) in [5.41, 5.74) is 0.107. The third-order valence-electron chi connectivity index (χ3n) is 3.05. The van der Waals surface area contributed by atoms with Crippen molar-refractivity contribution in [2.24, 2.45) is 0 Å². The third kappa shape index (κ3) is 1.88. The first-order valence-electron chi connectivity index (χ1n) is 5.50. The maximum atomic E-state index is 11.3. The molecule has 0 bridgehead atoms. The van der Waals surface area contributed by atoms with Gasteiger partial charge in [0, 0.05) is 6.04 Å². The highest BCUT2D eigenvalue weighted by Gasteiger charge is 2.44. The SMILES string of the molecule is CON(C1CC1)[C@@](C)([C]=O)c1ccccc1. The molecule has 1 aromatic carbocycles. The van der Waals surface area contributed by atoms with E-state index in [0.717, 1.165) is 18.4 Å². The molecule has 1 atom stereocenters. The summed E-state index contributed by atoms with van der Waals surface area (Å²) in [5, 5.41) is 1.76. The van der Waals surface area contributed by atoms with Crippen molar-refractivity contribution in [3.8, 4) is 0 Å². The lowest BCUT2D eigenvalue weighted by Crippen LogP contribution is -2.45. The van der Waals surface area contributed by atoms with E-state index in [-0.39, 0.29) is 0 Å². The van der Waals surface area contributed by atoms with E-state index in [1.54, 1.807) is 12.2 Å². The maximum Gasteiger partial charge on any atom is 0.227 e. The average molecular weight is 218 g/mol. The molecule has 3 heteroatoms. The minimum absolute atomic E-state index is 0.344. The molecule has 1 saturated carbocycles. The number of nitrogens with zero attached hydrogens (tertiary/aromatic N) is 1. The molecule has 0 unspecified atom stereocenters. The van der Waals surface area contributed by atoms with Gasteiger partial charge in [-0.25, -0.2) is 0 Å². The highest BCUT2D eigenvalue weighted by atomic mass is 16.7. The van der Waals surface area contributed by atoms with Crippen LogP contribution in [0.4, 0.5) is 0 Å². The highest BCUT2D eigenvalue weighted by molar-refractivity contribution is 5.67. The van der Waals surface area contributed by atoms with Crippen molar-refractivity contribution in [2.45, 2.75) is 31.3 Å². The molecule has 1 aliphatic rings. The van der Waals surface area contributed by atoms with Gasteiger partial charge in [0.25, 0.3) is 0 Å². The third-order valence-corrected chi connectivity index (χ3v) is 3.05. The summed E-state index contributed by atoms with van der Waals surface area (Å²) < 4.78 is 0. The molecule has 0 aromatic heterocycles. The minimum atomic E-state index is -0.808. The maximum absolute atomic E-state index is 11.3. The Morgan fingerprint density at radius 2 is 2.00 bits per heavy atom. The lowest BCUT2D eigenvalue weighted by atomic mass is 9.93. The largest absolute Gasteiger partial charge is 0.301 e. The Kier molecular flexibility index (Phi) is 3.08. The minimum Gasteiger partial charge on any atom is -0.301 e. The number of hydroxylamine groups is 2. The normalized spacial score (nSPS) is 19.4. The second kappa shape index (κ2) is 4.36. The van der Waals surface area contributed by atoms with E-state index < -0.39 is 5.54 Å². The van der Waals surface area contributed by atoms with Gasteiger partial charge in [0.15, 0.2) is 0 Å². The van der Waals surface area contributed by atoms with Crippen molar-refractivity contribution >= 4 is 6.29 Å². The van der Waals surface area contributed by atoms with Gasteiger partial charge in [-0.1, -0.05) is 30.3 Å². The molecule has 1 fully saturated rings. The molecule has 0 amide bonds. The van der Waals surface area contributed by atoms with E-state index >= 15 is 0 Å². The van der Waals surface area contributed by atoms with Crippen molar-refractivity contribution in [2.75, 3.05) is 7.11 Å². The smallest absolute Gasteiger partial charge is 0.227 e. The summed E-state index contributed by atoms with van der Waals surface area (Å²) in [6, 6.07) is 9.98. The Labute approximate surface area is 96.0 Å². The first-order chi connectivity index (χ1) is 7.72. The number of carbonyl (C=O) groups excluding carboxylic acids is 1. The Morgan fingerprint density at radius 1 is 1.38 bits per heavy atom. The number of hydrogen-bond acceptors (Lipinski definition) is 3. The molecule has 2 rings (SSSR count). The second-order valence-electron chi connectivity index (χ2n) is 4.28. The van der Waals surface area contributed by atoms with Gasteiger partial charge in [0.1, 0.15) is 5.54 Å². The molecule has 1 aliphatic carbocycles. The summed E-state index contributed by atoms with van der Waals surface area (Å²) >= 11 is 0. The van der Waals surface area contributed by atoms with Gasteiger partial charge in [0.2, 0.25) is 6.29 Å². The van der Waals surface area contributed by atoms with Crippen molar-refractivity contribution in [3.63, 3.8) is 0 Å². The summed E-state index contributed by atoms with van der Waals surface area (Å²) in [5.74, 6) is 0. The van der Waals surface area contributed by atoms with E-state index in [1.165, 1.54) is 0 Å². The fourth-order valence-corrected chi connectivity index (χ4v) is 2.00. The zero-order chi connectivity index (χ0) is 11.6. The lowest BCUT2D eigenvalue weighted by molar-refractivity contribution is -0.187. The molecule has 1 aromatic rings. The van der Waals surface area contributed by atoms with Gasteiger partial charge in [-0.05, 0) is 25.3 Å². The first-order valence-corrected chi connectivity index (χ1v) is 5.50. The van der Waals surface area contributed by atoms with Crippen LogP contribution < -0.4 is 0 Å². The number of rotatable bonds is 5. The van der Waals surface area contributed by atoms with Crippen molar-refractivity contribution in [3.05, 3.63) is 35.9 Å². The van der Waals surface area contributed by atoms with Crippen LogP contribution in [0.15, 0.2) is 30.3 Å². The van der Waals surface area contributed by atoms with Crippen LogP contribution in [-0.4, -0.2) is 24.5 Å². The Balaban J connectivity index is 2.34. The fourth-order valence-electron chi connectivity index (χ4n) is 2.00. The van der Waals surface area contributed by atoms with Crippen LogP contribution in [0.5, 0.6) is 0 Å². The van der Waals surface area contributed by atoms with Crippen LogP contribution >= 0.6 is 0 Å². The van der Waals surface area contributed by atoms with Crippen molar-refractivity contribution in [1.82, 2.24) is 5.06 Å². The van der Waals surface area contributed by atoms with Crippen LogP contribution in [-0.2, 0) is 15.2 Å². The predicted molar refractivity (Wildman–Crippen MR) is 61.4 cm³/mol. The zero-order valence-electron chi connectivity index (χ0n) is 9.64. The van der Waals surface area contributed by atoms with Gasteiger partial charge >= 0.3 is 0 Å². The fraction of sp³-hybridized carbons (Fsp3) is 0.462. The quantitative estimate of drug-likeness (QED) is 0.708. The molecular weight excluding hydrogens is 202 g/mol. The van der Waals surface area contributed by atoms with Crippen LogP contribution in [0, 0.1) is 0 Å². The molecule has 16 heavy (non-hydrogen) atoms. The Hall–Kier alpha value is -1.19. The van der Waals surface area contributed by atoms with Crippen LogP contribution in [0.2, 0.25) is 0 Å². The first kappa shape index (κ1) is 11.3. The lowest BCUT2D eigenvalue weighted by Gasteiger charge is -2.34. The molecule has 0 N–H and O–H groups in total. The molecule has 0 spiro atoms. The number of hydrogen-bond donors (Lipinski definition) is 0. The van der Waals surface area contributed by atoms with E-state index in [0.29, 0.717) is 6.04 Å². The molecule has 0 aliphatic heterocycles. The molecule has 3 nitrogen and oxygen atoms in total. The number of benzene rings is 1. The van der Waals surface area contributed by atoms with Gasteiger partial charge < -0.3 is 4.84 Å². The molecule has 0 saturated heterocycles. The molecule has 1 radical (unpaired) electrons. The van der Waals surface area contributed by atoms with Gasteiger partial charge in [0.05, 0.1) is 7.11 Å². The average Bonchev–Trinajstić information content (AvgIpc) is 3.15. The van der Waals surface area contributed by atoms with E-state index in [4.69, 9.17) is 4.84 Å². The van der Waals surface area contributed by atoms with E-state index in [9.17, 15) is 4.79 Å². The summed E-state index contributed by atoms with van der Waals surface area (Å²) in [4.78, 5) is 16.7. The van der Waals surface area contributed by atoms with Crippen LogP contribution in [0.25, 0.3) is 0 Å². The van der Waals surface area contributed by atoms with Crippen molar-refractivity contribution in [1.29, 1.82) is 0 Å². The molecular formula is C13H16NO2. The van der Waals surface area contributed by atoms with Crippen LogP contribution in [0.1, 0.15) is 25.3 Å². The second-order valence-corrected chi connectivity index (χ2v) is 4.28. The standard InChI is InChI=1S/C13H16NO2/c1-13(10-15,11-6-4-3-5-7-11)14(16-2)12-8-9-12/h3-7,12H,8-9H2,1-2H3/t13-/m0/s1. The van der Waals surface area contributed by atoms with Gasteiger partial charge in [-0.2, -0.15) is 5.06 Å². The summed E-state index contributed by atoms with van der Waals surface area (Å²) in [6.45, 7) is 1.84.